The first kappa shape index (κ1) is 17.2. The Hall–Kier alpha value is -2.58. The zero-order valence-electron chi connectivity index (χ0n) is 12.9. The second-order valence-corrected chi connectivity index (χ2v) is 6.42. The normalized spacial score (nSPS) is 10.6. The molecule has 0 unspecified atom stereocenters. The summed E-state index contributed by atoms with van der Waals surface area (Å²) in [7, 11) is 0. The first-order chi connectivity index (χ1) is 12.1. The van der Waals surface area contributed by atoms with Crippen molar-refractivity contribution >= 4 is 29.1 Å². The standard InChI is InChI=1S/C16H13ClN4O3S/c17-12-6-4-11(5-7-12)15-18-16(20-19-15)25-9-8-24-14-3-1-2-13(10-14)21(22)23/h1-7,10H,8-9H2,(H,18,19,20). The van der Waals surface area contributed by atoms with Gasteiger partial charge < -0.3 is 4.74 Å². The molecule has 3 rings (SSSR count). The highest BCUT2D eigenvalue weighted by Gasteiger charge is 2.08. The number of nitro benzene ring substituents is 1. The Morgan fingerprint density at radius 1 is 1.24 bits per heavy atom. The van der Waals surface area contributed by atoms with Crippen molar-refractivity contribution in [2.45, 2.75) is 5.16 Å². The molecule has 2 aromatic carbocycles. The molecule has 0 aliphatic carbocycles. The molecule has 128 valence electrons. The van der Waals surface area contributed by atoms with E-state index in [1.165, 1.54) is 23.9 Å². The van der Waals surface area contributed by atoms with Crippen LogP contribution in [-0.2, 0) is 0 Å². The van der Waals surface area contributed by atoms with Gasteiger partial charge in [-0.2, -0.15) is 0 Å². The Balaban J connectivity index is 1.50. The molecule has 0 saturated carbocycles. The van der Waals surface area contributed by atoms with E-state index in [1.54, 1.807) is 24.3 Å². The highest BCUT2D eigenvalue weighted by Crippen LogP contribution is 2.22. The second-order valence-electron chi connectivity index (χ2n) is 4.92. The summed E-state index contributed by atoms with van der Waals surface area (Å²) in [5, 5.41) is 19.0. The molecule has 0 amide bonds. The zero-order chi connectivity index (χ0) is 17.6. The minimum atomic E-state index is -0.451. The Labute approximate surface area is 152 Å². The molecule has 1 N–H and O–H groups in total. The lowest BCUT2D eigenvalue weighted by Gasteiger charge is -2.04. The number of nitrogens with one attached hydrogen (secondary N) is 1. The van der Waals surface area contributed by atoms with Crippen molar-refractivity contribution in [2.75, 3.05) is 12.4 Å². The minimum Gasteiger partial charge on any atom is -0.492 e. The van der Waals surface area contributed by atoms with Crippen molar-refractivity contribution < 1.29 is 9.66 Å². The van der Waals surface area contributed by atoms with E-state index in [-0.39, 0.29) is 5.69 Å². The third kappa shape index (κ3) is 4.71. The number of nitro groups is 1. The second kappa shape index (κ2) is 8.00. The monoisotopic (exact) mass is 376 g/mol. The van der Waals surface area contributed by atoms with Crippen LogP contribution in [0.1, 0.15) is 0 Å². The molecule has 0 radical (unpaired) electrons. The van der Waals surface area contributed by atoms with E-state index in [1.807, 2.05) is 12.1 Å². The molecule has 1 aromatic heterocycles. The van der Waals surface area contributed by atoms with Gasteiger partial charge in [0.05, 0.1) is 17.6 Å². The molecule has 0 aliphatic heterocycles. The predicted molar refractivity (Wildman–Crippen MR) is 96.1 cm³/mol. The Kier molecular flexibility index (Phi) is 5.52. The van der Waals surface area contributed by atoms with Gasteiger partial charge in [-0.05, 0) is 30.3 Å². The maximum atomic E-state index is 10.7. The van der Waals surface area contributed by atoms with E-state index in [2.05, 4.69) is 15.2 Å². The van der Waals surface area contributed by atoms with E-state index in [4.69, 9.17) is 16.3 Å². The van der Waals surface area contributed by atoms with Crippen LogP contribution in [0.15, 0.2) is 53.7 Å². The summed E-state index contributed by atoms with van der Waals surface area (Å²) < 4.78 is 5.52. The van der Waals surface area contributed by atoms with Crippen molar-refractivity contribution in [1.29, 1.82) is 0 Å². The van der Waals surface area contributed by atoms with E-state index in [0.29, 0.717) is 34.1 Å². The van der Waals surface area contributed by atoms with Gasteiger partial charge in [0.15, 0.2) is 5.82 Å². The van der Waals surface area contributed by atoms with Gasteiger partial charge >= 0.3 is 0 Å². The fourth-order valence-electron chi connectivity index (χ4n) is 2.03. The third-order valence-electron chi connectivity index (χ3n) is 3.19. The van der Waals surface area contributed by atoms with E-state index >= 15 is 0 Å². The van der Waals surface area contributed by atoms with Crippen LogP contribution in [0, 0.1) is 10.1 Å². The van der Waals surface area contributed by atoms with Crippen LogP contribution < -0.4 is 4.74 Å². The Morgan fingerprint density at radius 2 is 2.04 bits per heavy atom. The van der Waals surface area contributed by atoms with Crippen LogP contribution in [0.2, 0.25) is 5.02 Å². The number of aromatic nitrogens is 3. The van der Waals surface area contributed by atoms with Crippen LogP contribution in [0.4, 0.5) is 5.69 Å². The van der Waals surface area contributed by atoms with Crippen molar-refractivity contribution in [3.8, 4) is 17.1 Å². The van der Waals surface area contributed by atoms with Crippen molar-refractivity contribution in [3.63, 3.8) is 0 Å². The maximum absolute atomic E-state index is 10.7. The number of hydrogen-bond acceptors (Lipinski definition) is 6. The molecule has 25 heavy (non-hydrogen) atoms. The molecule has 0 aliphatic rings. The van der Waals surface area contributed by atoms with Crippen LogP contribution in [-0.4, -0.2) is 32.5 Å². The average molecular weight is 377 g/mol. The average Bonchev–Trinajstić information content (AvgIpc) is 3.08. The van der Waals surface area contributed by atoms with Crippen LogP contribution in [0.25, 0.3) is 11.4 Å². The van der Waals surface area contributed by atoms with Gasteiger partial charge in [0.1, 0.15) is 5.75 Å². The Morgan fingerprint density at radius 3 is 2.80 bits per heavy atom. The summed E-state index contributed by atoms with van der Waals surface area (Å²) >= 11 is 7.30. The van der Waals surface area contributed by atoms with Gasteiger partial charge in [-0.3, -0.25) is 15.2 Å². The number of aromatic amines is 1. The molecule has 1 heterocycles. The summed E-state index contributed by atoms with van der Waals surface area (Å²) in [5.74, 6) is 1.74. The van der Waals surface area contributed by atoms with Gasteiger partial charge in [-0.25, -0.2) is 4.98 Å². The largest absolute Gasteiger partial charge is 0.492 e. The molecular formula is C16H13ClN4O3S. The number of benzene rings is 2. The number of nitrogens with zero attached hydrogens (tertiary/aromatic N) is 3. The molecule has 7 nitrogen and oxygen atoms in total. The summed E-state index contributed by atoms with van der Waals surface area (Å²) in [6, 6.07) is 13.4. The fourth-order valence-corrected chi connectivity index (χ4v) is 2.77. The van der Waals surface area contributed by atoms with E-state index in [0.717, 1.165) is 5.56 Å². The molecule has 0 spiro atoms. The van der Waals surface area contributed by atoms with Gasteiger partial charge in [0.2, 0.25) is 5.16 Å². The molecule has 0 atom stereocenters. The van der Waals surface area contributed by atoms with Crippen LogP contribution in [0.5, 0.6) is 5.75 Å². The van der Waals surface area contributed by atoms with Gasteiger partial charge in [0.25, 0.3) is 5.69 Å². The molecule has 0 saturated heterocycles. The van der Waals surface area contributed by atoms with E-state index < -0.39 is 4.92 Å². The molecule has 0 fully saturated rings. The topological polar surface area (TPSA) is 93.9 Å². The Bertz CT molecular complexity index is 870. The van der Waals surface area contributed by atoms with Crippen molar-refractivity contribution in [2.24, 2.45) is 0 Å². The molecule has 3 aromatic rings. The zero-order valence-corrected chi connectivity index (χ0v) is 14.5. The highest BCUT2D eigenvalue weighted by molar-refractivity contribution is 7.99. The minimum absolute atomic E-state index is 0.00623. The van der Waals surface area contributed by atoms with E-state index in [9.17, 15) is 10.1 Å². The van der Waals surface area contributed by atoms with Crippen LogP contribution in [0.3, 0.4) is 0 Å². The molecule has 9 heteroatoms. The van der Waals surface area contributed by atoms with Crippen LogP contribution >= 0.6 is 23.4 Å². The number of non-ortho nitro benzene ring substituents is 1. The van der Waals surface area contributed by atoms with Crippen molar-refractivity contribution in [1.82, 2.24) is 15.2 Å². The number of ether oxygens (including phenoxy) is 1. The van der Waals surface area contributed by atoms with Gasteiger partial charge in [0, 0.05) is 22.4 Å². The quantitative estimate of drug-likeness (QED) is 0.287. The predicted octanol–water partition coefficient (Wildman–Crippen LogP) is 4.20. The number of thioether (sulfide) groups is 1. The SMILES string of the molecule is O=[N+]([O-])c1cccc(OCCSc2n[nH]c(-c3ccc(Cl)cc3)n2)c1. The maximum Gasteiger partial charge on any atom is 0.273 e. The fraction of sp³-hybridized carbons (Fsp3) is 0.125. The first-order valence-electron chi connectivity index (χ1n) is 7.30. The summed E-state index contributed by atoms with van der Waals surface area (Å²) in [4.78, 5) is 14.7. The lowest BCUT2D eigenvalue weighted by atomic mass is 10.2. The van der Waals surface area contributed by atoms with Crippen molar-refractivity contribution in [3.05, 3.63) is 63.7 Å². The number of hydrogen-bond donors (Lipinski definition) is 1. The third-order valence-corrected chi connectivity index (χ3v) is 4.26. The summed E-state index contributed by atoms with van der Waals surface area (Å²) in [6.07, 6.45) is 0. The number of rotatable bonds is 7. The number of H-pyrrole nitrogens is 1. The lowest BCUT2D eigenvalue weighted by molar-refractivity contribution is -0.384. The van der Waals surface area contributed by atoms with Gasteiger partial charge in [-0.15, -0.1) is 5.10 Å². The lowest BCUT2D eigenvalue weighted by Crippen LogP contribution is -2.00. The summed E-state index contributed by atoms with van der Waals surface area (Å²) in [6.45, 7) is 0.386. The smallest absolute Gasteiger partial charge is 0.273 e. The first-order valence-corrected chi connectivity index (χ1v) is 8.66. The summed E-state index contributed by atoms with van der Waals surface area (Å²) in [5.41, 5.74) is 0.906. The highest BCUT2D eigenvalue weighted by atomic mass is 35.5. The van der Waals surface area contributed by atoms with Gasteiger partial charge in [-0.1, -0.05) is 29.4 Å². The molecular weight excluding hydrogens is 364 g/mol. The number of halogens is 1. The molecule has 0 bridgehead atoms.